The molecule has 6 nitrogen and oxygen atoms in total. The third-order valence-corrected chi connectivity index (χ3v) is 5.07. The van der Waals surface area contributed by atoms with Gasteiger partial charge in [0.15, 0.2) is 0 Å². The minimum atomic E-state index is -0.474. The zero-order chi connectivity index (χ0) is 16.2. The summed E-state index contributed by atoms with van der Waals surface area (Å²) in [5, 5.41) is 0.790. The van der Waals surface area contributed by atoms with Crippen LogP contribution >= 0.6 is 11.3 Å². The number of carbonyl (C=O) groups excluding carboxylic acids is 2. The molecule has 3 heterocycles. The Labute approximate surface area is 138 Å². The van der Waals surface area contributed by atoms with E-state index in [9.17, 15) is 9.59 Å². The number of primary amides is 1. The van der Waals surface area contributed by atoms with E-state index in [1.165, 1.54) is 17.5 Å². The van der Waals surface area contributed by atoms with E-state index in [1.807, 2.05) is 17.0 Å². The van der Waals surface area contributed by atoms with Crippen LogP contribution in [0.15, 0.2) is 30.7 Å². The zero-order valence-electron chi connectivity index (χ0n) is 12.6. The molecule has 1 fully saturated rings. The smallest absolute Gasteiger partial charge is 0.260 e. The fourth-order valence-corrected chi connectivity index (χ4v) is 3.74. The molecule has 1 aliphatic heterocycles. The van der Waals surface area contributed by atoms with Crippen molar-refractivity contribution in [2.24, 2.45) is 5.73 Å². The lowest BCUT2D eigenvalue weighted by Gasteiger charge is -2.34. The van der Waals surface area contributed by atoms with Crippen molar-refractivity contribution in [2.75, 3.05) is 6.54 Å². The van der Waals surface area contributed by atoms with Gasteiger partial charge in [-0.2, -0.15) is 0 Å². The Morgan fingerprint density at radius 2 is 2.22 bits per heavy atom. The van der Waals surface area contributed by atoms with Crippen LogP contribution in [0.25, 0.3) is 0 Å². The van der Waals surface area contributed by atoms with Gasteiger partial charge >= 0.3 is 0 Å². The van der Waals surface area contributed by atoms with E-state index in [1.54, 1.807) is 12.4 Å². The molecule has 1 aliphatic rings. The summed E-state index contributed by atoms with van der Waals surface area (Å²) in [5.41, 5.74) is 6.20. The number of likely N-dealkylation sites (tertiary alicyclic amines) is 1. The van der Waals surface area contributed by atoms with Crippen molar-refractivity contribution in [1.82, 2.24) is 14.9 Å². The number of hydrogen-bond acceptors (Lipinski definition) is 5. The largest absolute Gasteiger partial charge is 0.365 e. The molecule has 0 radical (unpaired) electrons. The molecule has 2 N–H and O–H groups in total. The maximum Gasteiger partial charge on any atom is 0.260 e. The van der Waals surface area contributed by atoms with Crippen molar-refractivity contribution in [2.45, 2.75) is 31.7 Å². The Morgan fingerprint density at radius 3 is 2.91 bits per heavy atom. The number of thiazole rings is 1. The predicted molar refractivity (Wildman–Crippen MR) is 86.9 cm³/mol. The minimum Gasteiger partial charge on any atom is -0.365 e. The minimum absolute atomic E-state index is 0.0639. The maximum atomic E-state index is 12.7. The van der Waals surface area contributed by atoms with Crippen molar-refractivity contribution in [3.05, 3.63) is 46.2 Å². The number of nitrogens with two attached hydrogens (primary N) is 1. The number of amides is 2. The van der Waals surface area contributed by atoms with E-state index in [2.05, 4.69) is 9.97 Å². The van der Waals surface area contributed by atoms with Crippen molar-refractivity contribution in [3.63, 3.8) is 0 Å². The fourth-order valence-electron chi connectivity index (χ4n) is 2.82. The van der Waals surface area contributed by atoms with Crippen LogP contribution < -0.4 is 5.73 Å². The summed E-state index contributed by atoms with van der Waals surface area (Å²) in [6.45, 7) is 0.718. The number of aromatic nitrogens is 2. The standard InChI is InChI=1S/C16H18N4O2S/c17-15(22)13-10-19-16(23-13)12-5-1-2-7-20(12)14(21)8-11-4-3-6-18-9-11/h3-4,6,9-10,12H,1-2,5,7-8H2,(H2,17,22)/t12-/m0/s1. The molecule has 2 aromatic rings. The quantitative estimate of drug-likeness (QED) is 0.927. The van der Waals surface area contributed by atoms with Crippen molar-refractivity contribution in [1.29, 1.82) is 0 Å². The van der Waals surface area contributed by atoms with Gasteiger partial charge in [-0.15, -0.1) is 11.3 Å². The Bertz CT molecular complexity index is 701. The van der Waals surface area contributed by atoms with E-state index >= 15 is 0 Å². The molecular weight excluding hydrogens is 312 g/mol. The highest BCUT2D eigenvalue weighted by molar-refractivity contribution is 7.13. The first kappa shape index (κ1) is 15.6. The predicted octanol–water partition coefficient (Wildman–Crippen LogP) is 1.93. The van der Waals surface area contributed by atoms with Gasteiger partial charge in [0.25, 0.3) is 5.91 Å². The third kappa shape index (κ3) is 3.56. The second-order valence-electron chi connectivity index (χ2n) is 5.56. The molecule has 0 aliphatic carbocycles. The lowest BCUT2D eigenvalue weighted by molar-refractivity contribution is -0.134. The van der Waals surface area contributed by atoms with Gasteiger partial charge in [0.1, 0.15) is 9.88 Å². The molecule has 120 valence electrons. The van der Waals surface area contributed by atoms with Crippen LogP contribution in [0.1, 0.15) is 45.5 Å². The van der Waals surface area contributed by atoms with Gasteiger partial charge in [-0.05, 0) is 30.9 Å². The van der Waals surface area contributed by atoms with Gasteiger partial charge in [0.05, 0.1) is 18.7 Å². The Morgan fingerprint density at radius 1 is 1.35 bits per heavy atom. The maximum absolute atomic E-state index is 12.7. The first-order chi connectivity index (χ1) is 11.1. The van der Waals surface area contributed by atoms with E-state index in [0.29, 0.717) is 11.3 Å². The topological polar surface area (TPSA) is 89.2 Å². The van der Waals surface area contributed by atoms with E-state index in [-0.39, 0.29) is 11.9 Å². The normalized spacial score (nSPS) is 17.9. The van der Waals surface area contributed by atoms with Gasteiger partial charge in [0, 0.05) is 18.9 Å². The molecule has 2 aromatic heterocycles. The second-order valence-corrected chi connectivity index (χ2v) is 6.63. The average molecular weight is 330 g/mol. The van der Waals surface area contributed by atoms with Crippen LogP contribution in [0.3, 0.4) is 0 Å². The van der Waals surface area contributed by atoms with Crippen LogP contribution in [0.2, 0.25) is 0 Å². The van der Waals surface area contributed by atoms with E-state index in [4.69, 9.17) is 5.73 Å². The molecule has 0 saturated carbocycles. The first-order valence-electron chi connectivity index (χ1n) is 7.59. The van der Waals surface area contributed by atoms with Gasteiger partial charge in [-0.1, -0.05) is 6.07 Å². The van der Waals surface area contributed by atoms with E-state index in [0.717, 1.165) is 36.4 Å². The van der Waals surface area contributed by atoms with Crippen LogP contribution in [-0.4, -0.2) is 33.2 Å². The SMILES string of the molecule is NC(=O)c1cnc([C@@H]2CCCCN2C(=O)Cc2cccnc2)s1. The average Bonchev–Trinajstić information content (AvgIpc) is 3.06. The molecule has 7 heteroatoms. The zero-order valence-corrected chi connectivity index (χ0v) is 13.5. The summed E-state index contributed by atoms with van der Waals surface area (Å²) in [6, 6.07) is 3.67. The molecular formula is C16H18N4O2S. The number of carbonyl (C=O) groups is 2. The summed E-state index contributed by atoms with van der Waals surface area (Å²) >= 11 is 1.28. The summed E-state index contributed by atoms with van der Waals surface area (Å²) < 4.78 is 0. The van der Waals surface area contributed by atoms with Crippen molar-refractivity contribution < 1.29 is 9.59 Å². The lowest BCUT2D eigenvalue weighted by Crippen LogP contribution is -2.39. The first-order valence-corrected chi connectivity index (χ1v) is 8.40. The number of piperidine rings is 1. The number of nitrogens with zero attached hydrogens (tertiary/aromatic N) is 3. The third-order valence-electron chi connectivity index (χ3n) is 3.95. The molecule has 0 spiro atoms. The Kier molecular flexibility index (Phi) is 4.66. The molecule has 23 heavy (non-hydrogen) atoms. The van der Waals surface area contributed by atoms with Gasteiger partial charge in [-0.25, -0.2) is 4.98 Å². The highest BCUT2D eigenvalue weighted by atomic mass is 32.1. The number of rotatable bonds is 4. The Balaban J connectivity index is 1.77. The van der Waals surface area contributed by atoms with E-state index < -0.39 is 5.91 Å². The molecule has 0 bridgehead atoms. The molecule has 0 unspecified atom stereocenters. The molecule has 0 aromatic carbocycles. The number of hydrogen-bond donors (Lipinski definition) is 1. The molecule has 1 saturated heterocycles. The summed E-state index contributed by atoms with van der Waals surface area (Å²) in [5.74, 6) is -0.406. The van der Waals surface area contributed by atoms with Crippen LogP contribution in [0, 0.1) is 0 Å². The summed E-state index contributed by atoms with van der Waals surface area (Å²) in [4.78, 5) is 34.6. The van der Waals surface area contributed by atoms with Crippen LogP contribution in [0.5, 0.6) is 0 Å². The molecule has 2 amide bonds. The number of pyridine rings is 1. The molecule has 1 atom stereocenters. The Hall–Kier alpha value is -2.28. The highest BCUT2D eigenvalue weighted by Crippen LogP contribution is 2.33. The second kappa shape index (κ2) is 6.87. The van der Waals surface area contributed by atoms with Crippen LogP contribution in [-0.2, 0) is 11.2 Å². The highest BCUT2D eigenvalue weighted by Gasteiger charge is 2.30. The summed E-state index contributed by atoms with van der Waals surface area (Å²) in [7, 11) is 0. The van der Waals surface area contributed by atoms with Gasteiger partial charge < -0.3 is 10.6 Å². The van der Waals surface area contributed by atoms with Crippen molar-refractivity contribution in [3.8, 4) is 0 Å². The molecule has 3 rings (SSSR count). The lowest BCUT2D eigenvalue weighted by atomic mass is 10.0. The fraction of sp³-hybridized carbons (Fsp3) is 0.375. The van der Waals surface area contributed by atoms with Crippen LogP contribution in [0.4, 0.5) is 0 Å². The van der Waals surface area contributed by atoms with Gasteiger partial charge in [-0.3, -0.25) is 14.6 Å². The monoisotopic (exact) mass is 330 g/mol. The summed E-state index contributed by atoms with van der Waals surface area (Å²) in [6.07, 6.45) is 8.14. The van der Waals surface area contributed by atoms with Crippen molar-refractivity contribution >= 4 is 23.2 Å². The van der Waals surface area contributed by atoms with Gasteiger partial charge in [0.2, 0.25) is 5.91 Å².